The van der Waals surface area contributed by atoms with Crippen LogP contribution in [0.3, 0.4) is 0 Å². The number of anilines is 2. The van der Waals surface area contributed by atoms with E-state index in [4.69, 9.17) is 10.9 Å². The molecule has 1 aliphatic carbocycles. The highest BCUT2D eigenvalue weighted by molar-refractivity contribution is 6.01. The molecule has 0 saturated heterocycles. The van der Waals surface area contributed by atoms with Gasteiger partial charge < -0.3 is 21.7 Å². The van der Waals surface area contributed by atoms with Crippen LogP contribution in [0.5, 0.6) is 0 Å². The number of carbonyl (C=O) groups is 3. The molecular formula is C29H41N5O4. The fourth-order valence-corrected chi connectivity index (χ4v) is 4.53. The number of benzene rings is 1. The molecule has 0 saturated carbocycles. The van der Waals surface area contributed by atoms with Crippen molar-refractivity contribution in [2.24, 2.45) is 17.1 Å². The Balaban J connectivity index is 2.03. The molecule has 206 valence electrons. The van der Waals surface area contributed by atoms with Crippen LogP contribution in [0.4, 0.5) is 11.4 Å². The summed E-state index contributed by atoms with van der Waals surface area (Å²) in [6, 6.07) is 4.71. The Labute approximate surface area is 225 Å². The summed E-state index contributed by atoms with van der Waals surface area (Å²) in [6.07, 6.45) is 12.2. The standard InChI is InChI=1S/C29H41N5O4/c1-6-9-21-11-8-13-23(26(21)31-5)33-28(37)25(30)20-10-7-12-22(15-14-20)27(36)32-18-29(3,4)17-19(2)16-24(35)34-38/h6-11,13-15,19,25,31,38H,12,16-18,30H2,1-5H3,(H,32,36)(H,33,37)(H,34,35)/b9-6-. The number of hydrogen-bond donors (Lipinski definition) is 6. The van der Waals surface area contributed by atoms with Crippen molar-refractivity contribution < 1.29 is 19.6 Å². The quantitative estimate of drug-likeness (QED) is 0.181. The summed E-state index contributed by atoms with van der Waals surface area (Å²) in [5.74, 6) is -0.936. The van der Waals surface area contributed by atoms with E-state index in [-0.39, 0.29) is 29.6 Å². The average Bonchev–Trinajstić information content (AvgIpc) is 3.13. The minimum Gasteiger partial charge on any atom is -0.386 e. The van der Waals surface area contributed by atoms with Gasteiger partial charge in [-0.3, -0.25) is 19.6 Å². The van der Waals surface area contributed by atoms with E-state index < -0.39 is 11.9 Å². The molecule has 9 nitrogen and oxygen atoms in total. The van der Waals surface area contributed by atoms with Crippen molar-refractivity contribution in [1.82, 2.24) is 10.8 Å². The van der Waals surface area contributed by atoms with Crippen LogP contribution in [0.15, 0.2) is 59.7 Å². The Hall–Kier alpha value is -3.69. The molecule has 7 N–H and O–H groups in total. The third-order valence-electron chi connectivity index (χ3n) is 6.30. The van der Waals surface area contributed by atoms with Crippen molar-refractivity contribution in [2.45, 2.75) is 53.0 Å². The predicted molar refractivity (Wildman–Crippen MR) is 152 cm³/mol. The first kappa shape index (κ1) is 30.5. The smallest absolute Gasteiger partial charge is 0.247 e. The lowest BCUT2D eigenvalue weighted by Gasteiger charge is -2.28. The lowest BCUT2D eigenvalue weighted by Crippen LogP contribution is -2.37. The molecule has 0 heterocycles. The van der Waals surface area contributed by atoms with Crippen molar-refractivity contribution in [3.05, 3.63) is 65.3 Å². The van der Waals surface area contributed by atoms with Crippen LogP contribution in [-0.4, -0.2) is 42.6 Å². The van der Waals surface area contributed by atoms with Gasteiger partial charge in [0.05, 0.1) is 11.4 Å². The highest BCUT2D eigenvalue weighted by atomic mass is 16.5. The summed E-state index contributed by atoms with van der Waals surface area (Å²) in [4.78, 5) is 37.2. The second kappa shape index (κ2) is 14.3. The van der Waals surface area contributed by atoms with E-state index in [1.807, 2.05) is 64.1 Å². The maximum atomic E-state index is 13.0. The zero-order valence-corrected chi connectivity index (χ0v) is 22.9. The number of hydrogen-bond acceptors (Lipinski definition) is 6. The Morgan fingerprint density at radius 3 is 2.61 bits per heavy atom. The number of para-hydroxylation sites is 1. The molecule has 1 aromatic carbocycles. The summed E-state index contributed by atoms with van der Waals surface area (Å²) >= 11 is 0. The summed E-state index contributed by atoms with van der Waals surface area (Å²) < 4.78 is 0. The van der Waals surface area contributed by atoms with Crippen molar-refractivity contribution >= 4 is 35.2 Å². The van der Waals surface area contributed by atoms with Crippen LogP contribution in [0.1, 0.15) is 52.5 Å². The first-order valence-corrected chi connectivity index (χ1v) is 12.8. The highest BCUT2D eigenvalue weighted by Gasteiger charge is 2.24. The molecule has 2 unspecified atom stereocenters. The Morgan fingerprint density at radius 1 is 1.21 bits per heavy atom. The molecule has 0 aliphatic heterocycles. The normalized spacial score (nSPS) is 15.1. The number of carbonyl (C=O) groups excluding carboxylic acids is 3. The van der Waals surface area contributed by atoms with E-state index in [0.717, 1.165) is 11.3 Å². The number of nitrogens with one attached hydrogen (secondary N) is 4. The minimum absolute atomic E-state index is 0.0435. The van der Waals surface area contributed by atoms with E-state index in [0.29, 0.717) is 36.2 Å². The van der Waals surface area contributed by atoms with Crippen LogP contribution >= 0.6 is 0 Å². The highest BCUT2D eigenvalue weighted by Crippen LogP contribution is 2.28. The third-order valence-corrected chi connectivity index (χ3v) is 6.30. The van der Waals surface area contributed by atoms with Gasteiger partial charge in [-0.2, -0.15) is 0 Å². The second-order valence-corrected chi connectivity index (χ2v) is 10.3. The molecule has 2 atom stereocenters. The monoisotopic (exact) mass is 523 g/mol. The van der Waals surface area contributed by atoms with Gasteiger partial charge in [-0.05, 0) is 48.3 Å². The minimum atomic E-state index is -0.920. The number of nitrogens with two attached hydrogens (primary N) is 1. The average molecular weight is 524 g/mol. The van der Waals surface area contributed by atoms with Gasteiger partial charge in [-0.1, -0.05) is 69.4 Å². The summed E-state index contributed by atoms with van der Waals surface area (Å²) in [6.45, 7) is 8.33. The molecular weight excluding hydrogens is 482 g/mol. The van der Waals surface area contributed by atoms with Gasteiger partial charge in [-0.25, -0.2) is 5.48 Å². The fraction of sp³-hybridized carbons (Fsp3) is 0.414. The summed E-state index contributed by atoms with van der Waals surface area (Å²) in [7, 11) is 1.79. The molecule has 9 heteroatoms. The van der Waals surface area contributed by atoms with Crippen LogP contribution in [0, 0.1) is 11.3 Å². The first-order valence-electron chi connectivity index (χ1n) is 12.8. The molecule has 0 bridgehead atoms. The maximum Gasteiger partial charge on any atom is 0.247 e. The molecule has 38 heavy (non-hydrogen) atoms. The van der Waals surface area contributed by atoms with Gasteiger partial charge in [0, 0.05) is 25.6 Å². The van der Waals surface area contributed by atoms with Crippen molar-refractivity contribution in [2.75, 3.05) is 24.2 Å². The Morgan fingerprint density at radius 2 is 1.95 bits per heavy atom. The van der Waals surface area contributed by atoms with Crippen LogP contribution in [-0.2, 0) is 14.4 Å². The fourth-order valence-electron chi connectivity index (χ4n) is 4.53. The molecule has 1 aromatic rings. The zero-order valence-electron chi connectivity index (χ0n) is 22.9. The van der Waals surface area contributed by atoms with E-state index in [2.05, 4.69) is 16.0 Å². The molecule has 1 aliphatic rings. The lowest BCUT2D eigenvalue weighted by atomic mass is 9.82. The van der Waals surface area contributed by atoms with Gasteiger partial charge in [0.1, 0.15) is 6.04 Å². The lowest BCUT2D eigenvalue weighted by molar-refractivity contribution is -0.130. The topological polar surface area (TPSA) is 146 Å². The molecule has 2 rings (SSSR count). The largest absolute Gasteiger partial charge is 0.386 e. The van der Waals surface area contributed by atoms with Crippen LogP contribution < -0.4 is 27.2 Å². The van der Waals surface area contributed by atoms with Gasteiger partial charge in [0.15, 0.2) is 0 Å². The molecule has 0 radical (unpaired) electrons. The van der Waals surface area contributed by atoms with E-state index in [1.54, 1.807) is 30.8 Å². The summed E-state index contributed by atoms with van der Waals surface area (Å²) in [5, 5.41) is 17.7. The van der Waals surface area contributed by atoms with Gasteiger partial charge in [0.25, 0.3) is 0 Å². The third kappa shape index (κ3) is 9.00. The van der Waals surface area contributed by atoms with Gasteiger partial charge >= 0.3 is 0 Å². The van der Waals surface area contributed by atoms with Crippen LogP contribution in [0.2, 0.25) is 0 Å². The SMILES string of the molecule is C/C=C\c1cccc(NC(=O)C(N)C2=CC=C(C(=O)NCC(C)(C)CC(C)CC(=O)NO)CC=C2)c1NC. The molecule has 0 aromatic heterocycles. The predicted octanol–water partition coefficient (Wildman–Crippen LogP) is 3.90. The van der Waals surface area contributed by atoms with E-state index >= 15 is 0 Å². The number of hydroxylamine groups is 1. The maximum absolute atomic E-state index is 13.0. The molecule has 3 amide bonds. The van der Waals surface area contributed by atoms with Crippen molar-refractivity contribution in [3.8, 4) is 0 Å². The second-order valence-electron chi connectivity index (χ2n) is 10.3. The molecule has 0 fully saturated rings. The van der Waals surface area contributed by atoms with Crippen LogP contribution in [0.25, 0.3) is 6.08 Å². The Bertz CT molecular complexity index is 1130. The first-order chi connectivity index (χ1) is 18.0. The number of allylic oxidation sites excluding steroid dienone is 4. The van der Waals surface area contributed by atoms with Crippen molar-refractivity contribution in [1.29, 1.82) is 0 Å². The summed E-state index contributed by atoms with van der Waals surface area (Å²) in [5.41, 5.74) is 11.2. The Kier molecular flexibility index (Phi) is 11.5. The van der Waals surface area contributed by atoms with E-state index in [9.17, 15) is 14.4 Å². The number of rotatable bonds is 12. The molecule has 0 spiro atoms. The van der Waals surface area contributed by atoms with E-state index in [1.165, 1.54) is 0 Å². The zero-order chi connectivity index (χ0) is 28.3. The van der Waals surface area contributed by atoms with Gasteiger partial charge in [0.2, 0.25) is 17.7 Å². The van der Waals surface area contributed by atoms with Gasteiger partial charge in [-0.15, -0.1) is 0 Å². The van der Waals surface area contributed by atoms with Crippen molar-refractivity contribution in [3.63, 3.8) is 0 Å². The number of amides is 3.